The lowest BCUT2D eigenvalue weighted by atomic mass is 10.0. The molecule has 0 saturated carbocycles. The molecule has 2 atom stereocenters. The van der Waals surface area contributed by atoms with Crippen molar-refractivity contribution in [1.82, 2.24) is 9.97 Å². The molecular formula is C21H23N3O6. The van der Waals surface area contributed by atoms with Crippen molar-refractivity contribution < 1.29 is 28.5 Å². The average molecular weight is 413 g/mol. The number of fused-ring (bicyclic) bond motifs is 1. The van der Waals surface area contributed by atoms with Gasteiger partial charge in [-0.1, -0.05) is 0 Å². The van der Waals surface area contributed by atoms with Gasteiger partial charge in [-0.15, -0.1) is 0 Å². The van der Waals surface area contributed by atoms with Gasteiger partial charge in [0.25, 0.3) is 0 Å². The first kappa shape index (κ1) is 20.2. The monoisotopic (exact) mass is 413 g/mol. The van der Waals surface area contributed by atoms with E-state index in [1.165, 1.54) is 0 Å². The van der Waals surface area contributed by atoms with E-state index < -0.39 is 23.5 Å². The molecule has 2 unspecified atom stereocenters. The number of ether oxygens (including phenoxy) is 4. The maximum absolute atomic E-state index is 12.9. The van der Waals surface area contributed by atoms with Crippen LogP contribution in [0.5, 0.6) is 0 Å². The number of carbonyl (C=O) groups excluding carboxylic acids is 2. The molecule has 30 heavy (non-hydrogen) atoms. The first-order chi connectivity index (χ1) is 14.4. The summed E-state index contributed by atoms with van der Waals surface area (Å²) in [4.78, 5) is 37.0. The van der Waals surface area contributed by atoms with Crippen LogP contribution >= 0.6 is 0 Å². The number of allylic oxidation sites excluding steroid dienone is 1. The first-order valence-electron chi connectivity index (χ1n) is 9.76. The van der Waals surface area contributed by atoms with E-state index >= 15 is 0 Å². The third kappa shape index (κ3) is 3.99. The summed E-state index contributed by atoms with van der Waals surface area (Å²) in [5, 5.41) is 0.832. The largest absolute Gasteiger partial charge is 0.465 e. The van der Waals surface area contributed by atoms with Crippen LogP contribution in [0.2, 0.25) is 0 Å². The van der Waals surface area contributed by atoms with Gasteiger partial charge in [-0.25, -0.2) is 4.98 Å². The van der Waals surface area contributed by atoms with Crippen LogP contribution in [0.15, 0.2) is 35.3 Å². The topological polar surface area (TPSA) is 112 Å². The number of carbonyl (C=O) groups is 2. The molecule has 0 radical (unpaired) electrons. The summed E-state index contributed by atoms with van der Waals surface area (Å²) in [7, 11) is 0. The Hall–Kier alpha value is -3.04. The summed E-state index contributed by atoms with van der Waals surface area (Å²) in [5.41, 5.74) is 1.41. The van der Waals surface area contributed by atoms with Crippen LogP contribution in [0.4, 0.5) is 0 Å². The summed E-state index contributed by atoms with van der Waals surface area (Å²) in [6, 6.07) is 3.68. The zero-order valence-electron chi connectivity index (χ0n) is 17.0. The number of aromatic nitrogens is 2. The van der Waals surface area contributed by atoms with Gasteiger partial charge in [-0.05, 0) is 39.0 Å². The Morgan fingerprint density at radius 2 is 2.30 bits per heavy atom. The Labute approximate surface area is 173 Å². The number of aliphatic imine (C=N–C) groups is 1. The predicted molar refractivity (Wildman–Crippen MR) is 107 cm³/mol. The Bertz CT molecular complexity index is 1040. The van der Waals surface area contributed by atoms with Crippen LogP contribution in [0.25, 0.3) is 17.1 Å². The lowest BCUT2D eigenvalue weighted by Gasteiger charge is -2.16. The highest BCUT2D eigenvalue weighted by atomic mass is 16.7. The van der Waals surface area contributed by atoms with Crippen molar-refractivity contribution in [1.29, 1.82) is 0 Å². The number of esters is 1. The molecule has 4 rings (SSSR count). The first-order valence-corrected chi connectivity index (χ1v) is 9.76. The van der Waals surface area contributed by atoms with Crippen molar-refractivity contribution in [3.8, 4) is 0 Å². The van der Waals surface area contributed by atoms with Crippen LogP contribution < -0.4 is 0 Å². The molecule has 0 aromatic carbocycles. The van der Waals surface area contributed by atoms with Crippen LogP contribution in [-0.4, -0.2) is 59.3 Å². The Kier molecular flexibility index (Phi) is 5.40. The van der Waals surface area contributed by atoms with Crippen molar-refractivity contribution in [2.75, 3.05) is 19.8 Å². The summed E-state index contributed by atoms with van der Waals surface area (Å²) in [5.74, 6) is -3.05. The highest BCUT2D eigenvalue weighted by Gasteiger charge is 2.45. The van der Waals surface area contributed by atoms with E-state index in [4.69, 9.17) is 18.9 Å². The zero-order valence-corrected chi connectivity index (χ0v) is 17.0. The molecule has 9 nitrogen and oxygen atoms in total. The van der Waals surface area contributed by atoms with Crippen LogP contribution in [0.1, 0.15) is 26.3 Å². The molecule has 9 heteroatoms. The van der Waals surface area contributed by atoms with E-state index in [1.54, 1.807) is 31.5 Å². The van der Waals surface area contributed by atoms with Gasteiger partial charge in [0.05, 0.1) is 19.8 Å². The fourth-order valence-corrected chi connectivity index (χ4v) is 3.42. The molecule has 0 spiro atoms. The molecule has 0 amide bonds. The number of ketones is 1. The number of hydrogen-bond acceptors (Lipinski definition) is 8. The summed E-state index contributed by atoms with van der Waals surface area (Å²) in [6.45, 7) is 6.02. The number of nitrogens with zero attached hydrogens (tertiary/aromatic N) is 2. The molecule has 4 heterocycles. The molecule has 2 fully saturated rings. The summed E-state index contributed by atoms with van der Waals surface area (Å²) >= 11 is 0. The van der Waals surface area contributed by atoms with E-state index in [-0.39, 0.29) is 30.9 Å². The molecular weight excluding hydrogens is 390 g/mol. The van der Waals surface area contributed by atoms with Gasteiger partial charge in [0.1, 0.15) is 11.8 Å². The van der Waals surface area contributed by atoms with Gasteiger partial charge in [0.15, 0.2) is 17.5 Å². The maximum Gasteiger partial charge on any atom is 0.326 e. The lowest BCUT2D eigenvalue weighted by molar-refractivity contribution is -0.147. The minimum atomic E-state index is -1.23. The van der Waals surface area contributed by atoms with Gasteiger partial charge >= 0.3 is 5.97 Å². The lowest BCUT2D eigenvalue weighted by Crippen LogP contribution is -2.29. The van der Waals surface area contributed by atoms with Crippen molar-refractivity contribution in [3.05, 3.63) is 35.8 Å². The Morgan fingerprint density at radius 3 is 3.03 bits per heavy atom. The molecule has 158 valence electrons. The van der Waals surface area contributed by atoms with Gasteiger partial charge < -0.3 is 23.9 Å². The second kappa shape index (κ2) is 8.00. The van der Waals surface area contributed by atoms with E-state index in [1.807, 2.05) is 19.9 Å². The predicted octanol–water partition coefficient (Wildman–Crippen LogP) is 2.23. The van der Waals surface area contributed by atoms with Crippen LogP contribution in [0.3, 0.4) is 0 Å². The average Bonchev–Trinajstić information content (AvgIpc) is 3.37. The molecule has 2 aliphatic heterocycles. The number of H-pyrrole nitrogens is 1. The highest BCUT2D eigenvalue weighted by molar-refractivity contribution is 6.27. The SMILES string of the molecule is CCOC(=O)C1C(=O)/C(=C/c2c[nH]c3ncccc23)OC1=NCC1COC(C)(C)O1. The number of aromatic amines is 1. The Morgan fingerprint density at radius 1 is 1.47 bits per heavy atom. The smallest absolute Gasteiger partial charge is 0.326 e. The quantitative estimate of drug-likeness (QED) is 0.454. The van der Waals surface area contributed by atoms with Crippen molar-refractivity contribution in [2.45, 2.75) is 32.7 Å². The third-order valence-electron chi connectivity index (χ3n) is 4.78. The van der Waals surface area contributed by atoms with E-state index in [9.17, 15) is 9.59 Å². The molecule has 1 N–H and O–H groups in total. The number of pyridine rings is 1. The molecule has 2 saturated heterocycles. The minimum Gasteiger partial charge on any atom is -0.465 e. The minimum absolute atomic E-state index is 0.0102. The zero-order chi connectivity index (χ0) is 21.3. The van der Waals surface area contributed by atoms with E-state index in [0.717, 1.165) is 10.9 Å². The standard InChI is InChI=1S/C21H23N3O6/c1-4-27-20(26)16-17(25)15(8-12-9-23-18-14(12)6-5-7-22-18)29-19(16)24-10-13-11-28-21(2,3)30-13/h5-9,13,16H,4,10-11H2,1-3H3,(H,22,23)/b15-8-,24-19?. The number of hydrogen-bond donors (Lipinski definition) is 1. The molecule has 2 aliphatic rings. The van der Waals surface area contributed by atoms with E-state index in [0.29, 0.717) is 12.3 Å². The van der Waals surface area contributed by atoms with Gasteiger partial charge in [-0.3, -0.25) is 14.6 Å². The normalized spacial score (nSPS) is 25.9. The fourth-order valence-electron chi connectivity index (χ4n) is 3.42. The van der Waals surface area contributed by atoms with Gasteiger partial charge in [-0.2, -0.15) is 0 Å². The maximum atomic E-state index is 12.9. The van der Waals surface area contributed by atoms with Gasteiger partial charge in [0, 0.05) is 23.3 Å². The second-order valence-electron chi connectivity index (χ2n) is 7.43. The summed E-state index contributed by atoms with van der Waals surface area (Å²) < 4.78 is 22.0. The third-order valence-corrected chi connectivity index (χ3v) is 4.78. The van der Waals surface area contributed by atoms with E-state index in [2.05, 4.69) is 15.0 Å². The fraction of sp³-hybridized carbons (Fsp3) is 0.429. The molecule has 2 aromatic rings. The summed E-state index contributed by atoms with van der Waals surface area (Å²) in [6.07, 6.45) is 4.68. The Balaban J connectivity index is 1.61. The van der Waals surface area contributed by atoms with Gasteiger partial charge in [0.2, 0.25) is 11.7 Å². The van der Waals surface area contributed by atoms with Crippen LogP contribution in [-0.2, 0) is 28.5 Å². The number of rotatable bonds is 5. The van der Waals surface area contributed by atoms with Crippen molar-refractivity contribution >= 4 is 34.8 Å². The molecule has 0 bridgehead atoms. The van der Waals surface area contributed by atoms with Crippen molar-refractivity contribution in [2.24, 2.45) is 10.9 Å². The molecule has 0 aliphatic carbocycles. The van der Waals surface area contributed by atoms with Crippen molar-refractivity contribution in [3.63, 3.8) is 0 Å². The number of nitrogens with one attached hydrogen (secondary N) is 1. The van der Waals surface area contributed by atoms with Crippen LogP contribution in [0, 0.1) is 5.92 Å². The second-order valence-corrected chi connectivity index (χ2v) is 7.43. The molecule has 2 aromatic heterocycles. The highest BCUT2D eigenvalue weighted by Crippen LogP contribution is 2.28. The number of Topliss-reactive ketones (excluding diaryl/α,β-unsaturated/α-hetero) is 1.